The predicted octanol–water partition coefficient (Wildman–Crippen LogP) is 2.83. The topological polar surface area (TPSA) is 24.9 Å². The lowest BCUT2D eigenvalue weighted by atomic mass is 10.2. The minimum absolute atomic E-state index is 0.663. The third-order valence-corrected chi connectivity index (χ3v) is 4.23. The summed E-state index contributed by atoms with van der Waals surface area (Å²) in [7, 11) is 0. The predicted molar refractivity (Wildman–Crippen MR) is 63.1 cm³/mol. The van der Waals surface area contributed by atoms with Crippen LogP contribution in [0.2, 0.25) is 0 Å². The normalized spacial score (nSPS) is 21.3. The standard InChI is InChI=1S/C12H16N2S/c1-2-4-10(3-1)13-7-11-8-14-12(15-11)9-5-6-9/h1-2,8-10,13H,3-7H2. The van der Waals surface area contributed by atoms with Gasteiger partial charge in [-0.1, -0.05) is 12.2 Å². The molecule has 1 fully saturated rings. The van der Waals surface area contributed by atoms with E-state index in [4.69, 9.17) is 0 Å². The maximum atomic E-state index is 4.49. The molecule has 15 heavy (non-hydrogen) atoms. The van der Waals surface area contributed by atoms with Crippen molar-refractivity contribution in [1.29, 1.82) is 0 Å². The zero-order valence-corrected chi connectivity index (χ0v) is 9.59. The summed E-state index contributed by atoms with van der Waals surface area (Å²) in [4.78, 5) is 5.88. The Labute approximate surface area is 94.4 Å². The van der Waals surface area contributed by atoms with Crippen LogP contribution in [0.4, 0.5) is 0 Å². The molecule has 80 valence electrons. The van der Waals surface area contributed by atoms with Crippen LogP contribution in [0, 0.1) is 0 Å². The highest BCUT2D eigenvalue weighted by Gasteiger charge is 2.26. The largest absolute Gasteiger partial charge is 0.308 e. The second kappa shape index (κ2) is 4.06. The summed E-state index contributed by atoms with van der Waals surface area (Å²) >= 11 is 1.89. The number of hydrogen-bond donors (Lipinski definition) is 1. The van der Waals surface area contributed by atoms with Crippen LogP contribution in [-0.4, -0.2) is 11.0 Å². The minimum Gasteiger partial charge on any atom is -0.308 e. The van der Waals surface area contributed by atoms with E-state index in [1.54, 1.807) is 0 Å². The van der Waals surface area contributed by atoms with E-state index in [1.165, 1.54) is 35.6 Å². The molecule has 3 heteroatoms. The van der Waals surface area contributed by atoms with Gasteiger partial charge in [0, 0.05) is 29.6 Å². The van der Waals surface area contributed by atoms with E-state index >= 15 is 0 Å². The molecule has 3 rings (SSSR count). The second-order valence-electron chi connectivity index (χ2n) is 4.46. The maximum absolute atomic E-state index is 4.49. The lowest BCUT2D eigenvalue weighted by Gasteiger charge is -2.09. The van der Waals surface area contributed by atoms with Gasteiger partial charge in [-0.25, -0.2) is 4.98 Å². The van der Waals surface area contributed by atoms with Crippen LogP contribution in [0.3, 0.4) is 0 Å². The molecule has 2 aliphatic carbocycles. The van der Waals surface area contributed by atoms with E-state index in [-0.39, 0.29) is 0 Å². The first-order valence-electron chi connectivity index (χ1n) is 5.75. The molecule has 1 aromatic heterocycles. The van der Waals surface area contributed by atoms with E-state index in [2.05, 4.69) is 22.5 Å². The molecule has 1 aromatic rings. The highest BCUT2D eigenvalue weighted by molar-refractivity contribution is 7.11. The summed E-state index contributed by atoms with van der Waals surface area (Å²) in [6, 6.07) is 0.663. The van der Waals surface area contributed by atoms with Crippen LogP contribution >= 0.6 is 11.3 Å². The van der Waals surface area contributed by atoms with Gasteiger partial charge in [0.15, 0.2) is 0 Å². The van der Waals surface area contributed by atoms with Crippen LogP contribution in [0.5, 0.6) is 0 Å². The first kappa shape index (κ1) is 9.55. The van der Waals surface area contributed by atoms with Crippen molar-refractivity contribution in [3.63, 3.8) is 0 Å². The van der Waals surface area contributed by atoms with Crippen molar-refractivity contribution < 1.29 is 0 Å². The fourth-order valence-corrected chi connectivity index (χ4v) is 2.99. The fourth-order valence-electron chi connectivity index (χ4n) is 1.95. The highest BCUT2D eigenvalue weighted by Crippen LogP contribution is 2.41. The molecule has 0 aliphatic heterocycles. The lowest BCUT2D eigenvalue weighted by molar-refractivity contribution is 0.541. The Morgan fingerprint density at radius 3 is 2.87 bits per heavy atom. The third kappa shape index (κ3) is 2.29. The van der Waals surface area contributed by atoms with Crippen molar-refractivity contribution in [1.82, 2.24) is 10.3 Å². The van der Waals surface area contributed by atoms with Crippen molar-refractivity contribution in [3.8, 4) is 0 Å². The first-order chi connectivity index (χ1) is 7.42. The van der Waals surface area contributed by atoms with E-state index in [0.29, 0.717) is 6.04 Å². The van der Waals surface area contributed by atoms with Crippen LogP contribution in [-0.2, 0) is 6.54 Å². The Hall–Kier alpha value is -0.670. The lowest BCUT2D eigenvalue weighted by Crippen LogP contribution is -2.25. The van der Waals surface area contributed by atoms with Gasteiger partial charge in [-0.3, -0.25) is 0 Å². The van der Waals surface area contributed by atoms with E-state index in [1.807, 2.05) is 17.5 Å². The smallest absolute Gasteiger partial charge is 0.0959 e. The van der Waals surface area contributed by atoms with E-state index < -0.39 is 0 Å². The van der Waals surface area contributed by atoms with Crippen molar-refractivity contribution in [2.24, 2.45) is 0 Å². The van der Waals surface area contributed by atoms with Gasteiger partial charge in [-0.15, -0.1) is 11.3 Å². The first-order valence-corrected chi connectivity index (χ1v) is 6.56. The Morgan fingerprint density at radius 1 is 1.33 bits per heavy atom. The summed E-state index contributed by atoms with van der Waals surface area (Å²) in [5, 5.41) is 4.94. The number of hydrogen-bond acceptors (Lipinski definition) is 3. The minimum atomic E-state index is 0.663. The van der Waals surface area contributed by atoms with Crippen LogP contribution < -0.4 is 5.32 Å². The van der Waals surface area contributed by atoms with E-state index in [0.717, 1.165) is 12.5 Å². The zero-order chi connectivity index (χ0) is 10.1. The Bertz CT molecular complexity index is 357. The number of nitrogens with one attached hydrogen (secondary N) is 1. The fraction of sp³-hybridized carbons (Fsp3) is 0.583. The number of rotatable bonds is 4. The summed E-state index contributed by atoms with van der Waals surface area (Å²) in [5.74, 6) is 0.803. The van der Waals surface area contributed by atoms with Crippen molar-refractivity contribution in [2.75, 3.05) is 0 Å². The third-order valence-electron chi connectivity index (χ3n) is 3.07. The zero-order valence-electron chi connectivity index (χ0n) is 8.78. The maximum Gasteiger partial charge on any atom is 0.0959 e. The summed E-state index contributed by atoms with van der Waals surface area (Å²) < 4.78 is 0. The van der Waals surface area contributed by atoms with Gasteiger partial charge in [-0.2, -0.15) is 0 Å². The van der Waals surface area contributed by atoms with Gasteiger partial charge in [-0.05, 0) is 25.7 Å². The van der Waals surface area contributed by atoms with Gasteiger partial charge in [0.25, 0.3) is 0 Å². The molecule has 2 aliphatic rings. The molecule has 0 radical (unpaired) electrons. The van der Waals surface area contributed by atoms with Gasteiger partial charge in [0.05, 0.1) is 5.01 Å². The van der Waals surface area contributed by atoms with Crippen molar-refractivity contribution >= 4 is 11.3 Å². The van der Waals surface area contributed by atoms with Crippen molar-refractivity contribution in [3.05, 3.63) is 28.2 Å². The molecule has 0 atom stereocenters. The second-order valence-corrected chi connectivity index (χ2v) is 5.61. The Balaban J connectivity index is 1.52. The van der Waals surface area contributed by atoms with Crippen LogP contribution in [0.15, 0.2) is 18.3 Å². The molecule has 0 unspecified atom stereocenters. The highest BCUT2D eigenvalue weighted by atomic mass is 32.1. The average Bonchev–Trinajstić information content (AvgIpc) is 2.82. The average molecular weight is 220 g/mol. The molecule has 0 bridgehead atoms. The molecule has 1 N–H and O–H groups in total. The molecule has 1 heterocycles. The van der Waals surface area contributed by atoms with E-state index in [9.17, 15) is 0 Å². The molecule has 0 saturated heterocycles. The Kier molecular flexibility index (Phi) is 2.59. The van der Waals surface area contributed by atoms with Gasteiger partial charge in [0.2, 0.25) is 0 Å². The summed E-state index contributed by atoms with van der Waals surface area (Å²) in [6.45, 7) is 0.997. The molecule has 2 nitrogen and oxygen atoms in total. The molecule has 0 spiro atoms. The summed E-state index contributed by atoms with van der Waals surface area (Å²) in [6.07, 6.45) is 11.7. The number of thiazole rings is 1. The molecular formula is C12H16N2S. The number of nitrogens with zero attached hydrogens (tertiary/aromatic N) is 1. The van der Waals surface area contributed by atoms with Gasteiger partial charge < -0.3 is 5.32 Å². The molecule has 0 amide bonds. The van der Waals surface area contributed by atoms with Crippen molar-refractivity contribution in [2.45, 2.75) is 44.2 Å². The number of aromatic nitrogens is 1. The quantitative estimate of drug-likeness (QED) is 0.789. The molecular weight excluding hydrogens is 204 g/mol. The molecule has 0 aromatic carbocycles. The van der Waals surface area contributed by atoms with Gasteiger partial charge in [0.1, 0.15) is 0 Å². The summed E-state index contributed by atoms with van der Waals surface area (Å²) in [5.41, 5.74) is 0. The molecule has 1 saturated carbocycles. The monoisotopic (exact) mass is 220 g/mol. The SMILES string of the molecule is C1=CCC(NCc2cnc(C3CC3)s2)C1. The van der Waals surface area contributed by atoms with Crippen LogP contribution in [0.1, 0.15) is 41.5 Å². The van der Waals surface area contributed by atoms with Crippen LogP contribution in [0.25, 0.3) is 0 Å². The van der Waals surface area contributed by atoms with Gasteiger partial charge >= 0.3 is 0 Å². The Morgan fingerprint density at radius 2 is 2.13 bits per heavy atom.